The molecule has 7 heteroatoms. The average Bonchev–Trinajstić information content (AvgIpc) is 2.49. The van der Waals surface area contributed by atoms with E-state index < -0.39 is 0 Å². The van der Waals surface area contributed by atoms with Crippen molar-refractivity contribution >= 4 is 11.7 Å². The predicted octanol–water partition coefficient (Wildman–Crippen LogP) is -0.500. The van der Waals surface area contributed by atoms with E-state index in [1.54, 1.807) is 0 Å². The topological polar surface area (TPSA) is 91.2 Å². The van der Waals surface area contributed by atoms with Crippen molar-refractivity contribution in [1.29, 1.82) is 0 Å². The Hall–Kier alpha value is -1.92. The summed E-state index contributed by atoms with van der Waals surface area (Å²) in [6.45, 7) is 2.35. The highest BCUT2D eigenvalue weighted by atomic mass is 16.5. The van der Waals surface area contributed by atoms with Gasteiger partial charge in [0, 0.05) is 0 Å². The fourth-order valence-electron chi connectivity index (χ4n) is 0.907. The third kappa shape index (κ3) is 1.24. The third-order valence-corrected chi connectivity index (χ3v) is 1.42. The number of ether oxygens (including phenoxy) is 1. The predicted molar refractivity (Wildman–Crippen MR) is 44.2 cm³/mol. The van der Waals surface area contributed by atoms with Crippen LogP contribution in [0, 0.1) is 0 Å². The van der Waals surface area contributed by atoms with Crippen LogP contribution in [0.4, 0.5) is 5.95 Å². The van der Waals surface area contributed by atoms with E-state index in [1.807, 2.05) is 6.92 Å². The SMILES string of the molecule is CCOc1nc2ncnc(N)n2n1. The third-order valence-electron chi connectivity index (χ3n) is 1.42. The maximum absolute atomic E-state index is 5.52. The van der Waals surface area contributed by atoms with Crippen LogP contribution in [0.25, 0.3) is 5.78 Å². The van der Waals surface area contributed by atoms with Crippen molar-refractivity contribution in [3.05, 3.63) is 6.33 Å². The Morgan fingerprint density at radius 3 is 3.08 bits per heavy atom. The lowest BCUT2D eigenvalue weighted by Gasteiger charge is -1.92. The van der Waals surface area contributed by atoms with Gasteiger partial charge in [-0.2, -0.15) is 14.5 Å². The standard InChI is InChI=1S/C6H8N6O/c1-2-13-6-10-5-9-3-8-4(7)12(5)11-6/h3H,2H2,1H3,(H2,7,8,9,10,11). The van der Waals surface area contributed by atoms with Crippen molar-refractivity contribution in [2.75, 3.05) is 12.3 Å². The second-order valence-electron chi connectivity index (χ2n) is 2.27. The van der Waals surface area contributed by atoms with Gasteiger partial charge in [-0.25, -0.2) is 4.98 Å². The van der Waals surface area contributed by atoms with Gasteiger partial charge >= 0.3 is 6.01 Å². The zero-order chi connectivity index (χ0) is 9.26. The van der Waals surface area contributed by atoms with Crippen molar-refractivity contribution in [2.24, 2.45) is 0 Å². The molecule has 2 aromatic heterocycles. The van der Waals surface area contributed by atoms with Crippen molar-refractivity contribution in [1.82, 2.24) is 24.6 Å². The number of nitrogens with two attached hydrogens (primary N) is 1. The molecule has 68 valence electrons. The van der Waals surface area contributed by atoms with Gasteiger partial charge in [0.1, 0.15) is 6.33 Å². The molecule has 2 heterocycles. The molecule has 0 aliphatic rings. The van der Waals surface area contributed by atoms with Gasteiger partial charge in [-0.3, -0.25) is 0 Å². The molecule has 2 aromatic rings. The highest BCUT2D eigenvalue weighted by molar-refractivity contribution is 5.33. The van der Waals surface area contributed by atoms with Crippen molar-refractivity contribution in [2.45, 2.75) is 6.92 Å². The summed E-state index contributed by atoms with van der Waals surface area (Å²) in [5.74, 6) is 0.624. The minimum absolute atomic E-state index is 0.239. The van der Waals surface area contributed by atoms with E-state index in [2.05, 4.69) is 20.1 Å². The highest BCUT2D eigenvalue weighted by Gasteiger charge is 2.06. The quantitative estimate of drug-likeness (QED) is 0.669. The van der Waals surface area contributed by atoms with E-state index >= 15 is 0 Å². The fraction of sp³-hybridized carbons (Fsp3) is 0.333. The first-order chi connectivity index (χ1) is 6.31. The fourth-order valence-corrected chi connectivity index (χ4v) is 0.907. The summed E-state index contributed by atoms with van der Waals surface area (Å²) in [5, 5.41) is 3.94. The first-order valence-corrected chi connectivity index (χ1v) is 3.77. The summed E-state index contributed by atoms with van der Waals surface area (Å²) in [6.07, 6.45) is 1.33. The minimum Gasteiger partial charge on any atom is -0.463 e. The van der Waals surface area contributed by atoms with E-state index in [9.17, 15) is 0 Å². The van der Waals surface area contributed by atoms with E-state index in [0.29, 0.717) is 12.4 Å². The molecular weight excluding hydrogens is 172 g/mol. The number of anilines is 1. The molecule has 0 aliphatic carbocycles. The van der Waals surface area contributed by atoms with Crippen LogP contribution < -0.4 is 10.5 Å². The lowest BCUT2D eigenvalue weighted by molar-refractivity contribution is 0.313. The first-order valence-electron chi connectivity index (χ1n) is 3.77. The largest absolute Gasteiger partial charge is 0.463 e. The molecule has 2 rings (SSSR count). The monoisotopic (exact) mass is 180 g/mol. The smallest absolute Gasteiger partial charge is 0.337 e. The molecule has 0 saturated carbocycles. The van der Waals surface area contributed by atoms with Crippen LogP contribution in [0.1, 0.15) is 6.92 Å². The lowest BCUT2D eigenvalue weighted by Crippen LogP contribution is -2.02. The first kappa shape index (κ1) is 7.71. The molecule has 0 unspecified atom stereocenters. The van der Waals surface area contributed by atoms with Crippen LogP contribution >= 0.6 is 0 Å². The second kappa shape index (κ2) is 2.85. The van der Waals surface area contributed by atoms with Crippen LogP contribution in [0.15, 0.2) is 6.33 Å². The van der Waals surface area contributed by atoms with Gasteiger partial charge in [-0.1, -0.05) is 0 Å². The van der Waals surface area contributed by atoms with Gasteiger partial charge in [-0.05, 0) is 6.92 Å². The lowest BCUT2D eigenvalue weighted by atomic mass is 10.9. The summed E-state index contributed by atoms with van der Waals surface area (Å²) in [7, 11) is 0. The summed E-state index contributed by atoms with van der Waals surface area (Å²) in [4.78, 5) is 11.6. The van der Waals surface area contributed by atoms with Crippen LogP contribution in [0.5, 0.6) is 6.01 Å². The number of hydrogen-bond acceptors (Lipinski definition) is 6. The van der Waals surface area contributed by atoms with Crippen LogP contribution in [-0.4, -0.2) is 31.2 Å². The molecule has 0 aliphatic heterocycles. The van der Waals surface area contributed by atoms with E-state index in [4.69, 9.17) is 10.5 Å². The van der Waals surface area contributed by atoms with Gasteiger partial charge in [0.05, 0.1) is 6.61 Å². The molecule has 0 bridgehead atoms. The van der Waals surface area contributed by atoms with Crippen LogP contribution in [-0.2, 0) is 0 Å². The summed E-state index contributed by atoms with van der Waals surface area (Å²) < 4.78 is 6.40. The minimum atomic E-state index is 0.239. The Kier molecular flexibility index (Phi) is 1.69. The van der Waals surface area contributed by atoms with Gasteiger partial charge in [-0.15, -0.1) is 5.10 Å². The summed E-state index contributed by atoms with van der Waals surface area (Å²) >= 11 is 0. The average molecular weight is 180 g/mol. The Balaban J connectivity index is 2.55. The summed E-state index contributed by atoms with van der Waals surface area (Å²) in [5.41, 5.74) is 5.52. The molecule has 0 saturated heterocycles. The number of fused-ring (bicyclic) bond motifs is 1. The van der Waals surface area contributed by atoms with Crippen molar-refractivity contribution in [3.63, 3.8) is 0 Å². The molecular formula is C6H8N6O. The Morgan fingerprint density at radius 2 is 2.38 bits per heavy atom. The van der Waals surface area contributed by atoms with E-state index in [-0.39, 0.29) is 12.0 Å². The normalized spacial score (nSPS) is 10.5. The molecule has 0 spiro atoms. The molecule has 0 amide bonds. The van der Waals surface area contributed by atoms with E-state index in [0.717, 1.165) is 0 Å². The molecule has 0 fully saturated rings. The molecule has 0 radical (unpaired) electrons. The molecule has 2 N–H and O–H groups in total. The zero-order valence-electron chi connectivity index (χ0n) is 7.01. The van der Waals surface area contributed by atoms with Gasteiger partial charge in [0.2, 0.25) is 5.95 Å². The summed E-state index contributed by atoms with van der Waals surface area (Å²) in [6, 6.07) is 0.259. The van der Waals surface area contributed by atoms with Gasteiger partial charge < -0.3 is 10.5 Å². The Labute approximate surface area is 73.6 Å². The Morgan fingerprint density at radius 1 is 1.54 bits per heavy atom. The number of rotatable bonds is 2. The number of aromatic nitrogens is 5. The maximum Gasteiger partial charge on any atom is 0.337 e. The van der Waals surface area contributed by atoms with Crippen LogP contribution in [0.3, 0.4) is 0 Å². The Bertz CT molecular complexity index is 424. The molecule has 0 aromatic carbocycles. The zero-order valence-corrected chi connectivity index (χ0v) is 7.01. The number of nitrogens with zero attached hydrogens (tertiary/aromatic N) is 5. The van der Waals surface area contributed by atoms with E-state index in [1.165, 1.54) is 10.8 Å². The second-order valence-corrected chi connectivity index (χ2v) is 2.27. The van der Waals surface area contributed by atoms with Gasteiger partial charge in [0.15, 0.2) is 0 Å². The number of hydrogen-bond donors (Lipinski definition) is 1. The molecule has 7 nitrogen and oxygen atoms in total. The molecule has 13 heavy (non-hydrogen) atoms. The molecule has 0 atom stereocenters. The van der Waals surface area contributed by atoms with Crippen molar-refractivity contribution < 1.29 is 4.74 Å². The van der Waals surface area contributed by atoms with Crippen LogP contribution in [0.2, 0.25) is 0 Å². The highest BCUT2D eigenvalue weighted by Crippen LogP contribution is 2.06. The maximum atomic E-state index is 5.52. The number of nitrogen functional groups attached to an aromatic ring is 1. The van der Waals surface area contributed by atoms with Crippen molar-refractivity contribution in [3.8, 4) is 6.01 Å². The van der Waals surface area contributed by atoms with Gasteiger partial charge in [0.25, 0.3) is 5.78 Å².